The maximum Gasteiger partial charge on any atom is 0.336 e. The van der Waals surface area contributed by atoms with E-state index >= 15 is 0 Å². The molecule has 18 heavy (non-hydrogen) atoms. The Labute approximate surface area is 109 Å². The Balaban J connectivity index is 3.13. The van der Waals surface area contributed by atoms with Crippen LogP contribution in [0.1, 0.15) is 20.7 Å². The highest BCUT2D eigenvalue weighted by atomic mass is 79.9. The first-order valence-electron chi connectivity index (χ1n) is 4.66. The summed E-state index contributed by atoms with van der Waals surface area (Å²) in [5.74, 6) is -4.96. The van der Waals surface area contributed by atoms with Crippen molar-refractivity contribution in [2.24, 2.45) is 0 Å². The van der Waals surface area contributed by atoms with Gasteiger partial charge in [0, 0.05) is 11.0 Å². The van der Waals surface area contributed by atoms with Crippen molar-refractivity contribution in [1.82, 2.24) is 5.32 Å². The quantitative estimate of drug-likeness (QED) is 0.895. The molecule has 0 aromatic heterocycles. The summed E-state index contributed by atoms with van der Waals surface area (Å²) in [5.41, 5.74) is -1.05. The van der Waals surface area contributed by atoms with Gasteiger partial charge in [-0.15, -0.1) is 0 Å². The zero-order valence-electron chi connectivity index (χ0n) is 8.97. The lowest BCUT2D eigenvalue weighted by Gasteiger charge is -2.07. The Kier molecular flexibility index (Phi) is 4.55. The first-order chi connectivity index (χ1) is 8.32. The van der Waals surface area contributed by atoms with E-state index < -0.39 is 34.6 Å². The summed E-state index contributed by atoms with van der Waals surface area (Å²) in [6, 6.07) is 1.01. The molecule has 1 amide bonds. The van der Waals surface area contributed by atoms with Crippen molar-refractivity contribution in [2.45, 2.75) is 0 Å². The van der Waals surface area contributed by atoms with E-state index in [1.807, 2.05) is 0 Å². The molecule has 1 rings (SSSR count). The standard InChI is InChI=1S/C11H8BrF2NO3/c1-5(12)4-15-10(16)6-2-8(13)9(14)3-7(6)11(17)18/h2-3H,1,4H2,(H,15,16)(H,17,18). The Hall–Kier alpha value is -1.76. The Morgan fingerprint density at radius 2 is 1.78 bits per heavy atom. The lowest BCUT2D eigenvalue weighted by Crippen LogP contribution is -2.26. The van der Waals surface area contributed by atoms with Gasteiger partial charge in [0.25, 0.3) is 5.91 Å². The number of aromatic carboxylic acids is 1. The second-order valence-corrected chi connectivity index (χ2v) is 4.44. The molecule has 0 aliphatic carbocycles. The number of hydrogen-bond donors (Lipinski definition) is 2. The first-order valence-corrected chi connectivity index (χ1v) is 5.46. The SMILES string of the molecule is C=C(Br)CNC(=O)c1cc(F)c(F)cc1C(=O)O. The van der Waals surface area contributed by atoms with Gasteiger partial charge in [0.05, 0.1) is 11.1 Å². The number of rotatable bonds is 4. The van der Waals surface area contributed by atoms with Gasteiger partial charge in [0.2, 0.25) is 0 Å². The predicted molar refractivity (Wildman–Crippen MR) is 63.7 cm³/mol. The largest absolute Gasteiger partial charge is 0.478 e. The Bertz CT molecular complexity index is 531. The van der Waals surface area contributed by atoms with Gasteiger partial charge in [-0.05, 0) is 12.1 Å². The minimum atomic E-state index is -1.52. The topological polar surface area (TPSA) is 66.4 Å². The molecular formula is C11H8BrF2NO3. The van der Waals surface area contributed by atoms with Gasteiger partial charge in [0.15, 0.2) is 11.6 Å². The molecule has 0 atom stereocenters. The molecule has 96 valence electrons. The van der Waals surface area contributed by atoms with Crippen LogP contribution < -0.4 is 5.32 Å². The maximum atomic E-state index is 13.0. The smallest absolute Gasteiger partial charge is 0.336 e. The van der Waals surface area contributed by atoms with Crippen LogP contribution >= 0.6 is 15.9 Å². The molecule has 2 N–H and O–H groups in total. The van der Waals surface area contributed by atoms with Crippen LogP contribution in [0.2, 0.25) is 0 Å². The molecule has 0 bridgehead atoms. The highest BCUT2D eigenvalue weighted by molar-refractivity contribution is 9.11. The fourth-order valence-electron chi connectivity index (χ4n) is 1.18. The van der Waals surface area contributed by atoms with Crippen molar-refractivity contribution < 1.29 is 23.5 Å². The number of benzene rings is 1. The van der Waals surface area contributed by atoms with Crippen molar-refractivity contribution in [1.29, 1.82) is 0 Å². The van der Waals surface area contributed by atoms with Crippen molar-refractivity contribution in [3.8, 4) is 0 Å². The van der Waals surface area contributed by atoms with Gasteiger partial charge in [0.1, 0.15) is 0 Å². The summed E-state index contributed by atoms with van der Waals surface area (Å²) in [6.45, 7) is 3.50. The monoisotopic (exact) mass is 319 g/mol. The molecular weight excluding hydrogens is 312 g/mol. The van der Waals surface area contributed by atoms with E-state index in [1.165, 1.54) is 0 Å². The van der Waals surface area contributed by atoms with Gasteiger partial charge in [-0.3, -0.25) is 4.79 Å². The average molecular weight is 320 g/mol. The van der Waals surface area contributed by atoms with E-state index in [9.17, 15) is 18.4 Å². The van der Waals surface area contributed by atoms with Gasteiger partial charge in [-0.1, -0.05) is 22.5 Å². The molecule has 0 unspecified atom stereocenters. The zero-order valence-corrected chi connectivity index (χ0v) is 10.6. The van der Waals surface area contributed by atoms with Gasteiger partial charge >= 0.3 is 5.97 Å². The number of carboxylic acid groups (broad SMARTS) is 1. The summed E-state index contributed by atoms with van der Waals surface area (Å²) in [5, 5.41) is 11.1. The molecule has 0 heterocycles. The van der Waals surface area contributed by atoms with Crippen molar-refractivity contribution in [3.63, 3.8) is 0 Å². The lowest BCUT2D eigenvalue weighted by atomic mass is 10.1. The van der Waals surface area contributed by atoms with Crippen LogP contribution in [-0.2, 0) is 0 Å². The van der Waals surface area contributed by atoms with E-state index in [-0.39, 0.29) is 6.54 Å². The number of carbonyl (C=O) groups is 2. The zero-order chi connectivity index (χ0) is 13.9. The summed E-state index contributed by atoms with van der Waals surface area (Å²) in [6.07, 6.45) is 0. The number of carboxylic acids is 1. The second-order valence-electron chi connectivity index (χ2n) is 3.32. The van der Waals surface area contributed by atoms with Crippen LogP contribution in [0.5, 0.6) is 0 Å². The van der Waals surface area contributed by atoms with Crippen LogP contribution in [0.15, 0.2) is 23.2 Å². The van der Waals surface area contributed by atoms with E-state index in [1.54, 1.807) is 0 Å². The third-order valence-corrected chi connectivity index (χ3v) is 2.26. The molecule has 0 fully saturated rings. The highest BCUT2D eigenvalue weighted by Gasteiger charge is 2.20. The molecule has 0 spiro atoms. The number of carbonyl (C=O) groups excluding carboxylic acids is 1. The molecule has 0 aliphatic heterocycles. The van der Waals surface area contributed by atoms with Crippen LogP contribution in [0.25, 0.3) is 0 Å². The Morgan fingerprint density at radius 3 is 2.22 bits per heavy atom. The van der Waals surface area contributed by atoms with Crippen molar-refractivity contribution in [2.75, 3.05) is 6.54 Å². The lowest BCUT2D eigenvalue weighted by molar-refractivity contribution is 0.0690. The van der Waals surface area contributed by atoms with Crippen LogP contribution in [0.4, 0.5) is 8.78 Å². The molecule has 0 saturated heterocycles. The van der Waals surface area contributed by atoms with Crippen molar-refractivity contribution in [3.05, 3.63) is 46.0 Å². The number of amides is 1. The van der Waals surface area contributed by atoms with Gasteiger partial charge < -0.3 is 10.4 Å². The molecule has 1 aromatic rings. The summed E-state index contributed by atoms with van der Waals surface area (Å²) in [7, 11) is 0. The fourth-order valence-corrected chi connectivity index (χ4v) is 1.32. The van der Waals surface area contributed by atoms with E-state index in [0.29, 0.717) is 16.6 Å². The van der Waals surface area contributed by atoms with Crippen LogP contribution in [-0.4, -0.2) is 23.5 Å². The first kappa shape index (κ1) is 14.3. The molecule has 0 radical (unpaired) electrons. The summed E-state index contributed by atoms with van der Waals surface area (Å²) in [4.78, 5) is 22.4. The maximum absolute atomic E-state index is 13.0. The van der Waals surface area contributed by atoms with Crippen LogP contribution in [0, 0.1) is 11.6 Å². The molecule has 0 aliphatic rings. The second kappa shape index (κ2) is 5.72. The molecule has 7 heteroatoms. The fraction of sp³-hybridized carbons (Fsp3) is 0.0909. The van der Waals surface area contributed by atoms with E-state index in [4.69, 9.17) is 5.11 Å². The van der Waals surface area contributed by atoms with E-state index in [0.717, 1.165) is 0 Å². The average Bonchev–Trinajstić information content (AvgIpc) is 2.28. The predicted octanol–water partition coefficient (Wildman–Crippen LogP) is 2.30. The van der Waals surface area contributed by atoms with Gasteiger partial charge in [-0.25, -0.2) is 13.6 Å². The normalized spacial score (nSPS) is 9.94. The number of nitrogens with one attached hydrogen (secondary N) is 1. The molecule has 4 nitrogen and oxygen atoms in total. The summed E-state index contributed by atoms with van der Waals surface area (Å²) >= 11 is 2.99. The van der Waals surface area contributed by atoms with Gasteiger partial charge in [-0.2, -0.15) is 0 Å². The molecule has 0 saturated carbocycles. The molecule has 1 aromatic carbocycles. The third kappa shape index (κ3) is 3.36. The third-order valence-electron chi connectivity index (χ3n) is 1.98. The Morgan fingerprint density at radius 1 is 1.28 bits per heavy atom. The van der Waals surface area contributed by atoms with Crippen molar-refractivity contribution >= 4 is 27.8 Å². The number of hydrogen-bond acceptors (Lipinski definition) is 2. The summed E-state index contributed by atoms with van der Waals surface area (Å²) < 4.78 is 26.4. The van der Waals surface area contributed by atoms with Crippen LogP contribution in [0.3, 0.4) is 0 Å². The van der Waals surface area contributed by atoms with E-state index in [2.05, 4.69) is 27.8 Å². The minimum absolute atomic E-state index is 0.0386. The number of halogens is 3. The minimum Gasteiger partial charge on any atom is -0.478 e. The highest BCUT2D eigenvalue weighted by Crippen LogP contribution is 2.15.